The van der Waals surface area contributed by atoms with Gasteiger partial charge in [-0.3, -0.25) is 4.31 Å². The molecule has 3 unspecified atom stereocenters. The zero-order chi connectivity index (χ0) is 20.1. The molecule has 28 heavy (non-hydrogen) atoms. The summed E-state index contributed by atoms with van der Waals surface area (Å²) >= 11 is 0. The van der Waals surface area contributed by atoms with Gasteiger partial charge in [0.2, 0.25) is 0 Å². The number of fused-ring (bicyclic) bond motifs is 3. The third-order valence-corrected chi connectivity index (χ3v) is 8.12. The van der Waals surface area contributed by atoms with Crippen LogP contribution < -0.4 is 9.04 Å². The van der Waals surface area contributed by atoms with Gasteiger partial charge in [-0.2, -0.15) is 0 Å². The monoisotopic (exact) mass is 400 g/mol. The highest BCUT2D eigenvalue weighted by molar-refractivity contribution is 7.92. The number of hydrogen-bond donors (Lipinski definition) is 0. The van der Waals surface area contributed by atoms with Crippen molar-refractivity contribution in [3.63, 3.8) is 0 Å². The van der Waals surface area contributed by atoms with Gasteiger partial charge in [-0.05, 0) is 76.2 Å². The second-order valence-electron chi connectivity index (χ2n) is 8.14. The Bertz CT molecular complexity index is 970. The predicted molar refractivity (Wildman–Crippen MR) is 112 cm³/mol. The molecule has 0 saturated heterocycles. The maximum atomic E-state index is 13.6. The Hall–Kier alpha value is -2.05. The molecule has 2 aliphatic rings. The first-order valence-electron chi connectivity index (χ1n) is 9.78. The molecule has 2 aromatic carbocycles. The minimum Gasteiger partial charge on any atom is -0.497 e. The van der Waals surface area contributed by atoms with Gasteiger partial charge in [0.05, 0.1) is 23.7 Å². The summed E-state index contributed by atoms with van der Waals surface area (Å²) in [5.41, 5.74) is 2.94. The smallest absolute Gasteiger partial charge is 0.264 e. The highest BCUT2D eigenvalue weighted by atomic mass is 32.2. The van der Waals surface area contributed by atoms with Crippen LogP contribution in [0.2, 0.25) is 0 Å². The zero-order valence-electron chi connectivity index (χ0n) is 16.9. The largest absolute Gasteiger partial charge is 0.497 e. The number of sulfonamides is 1. The van der Waals surface area contributed by atoms with E-state index in [0.29, 0.717) is 10.9 Å². The number of ether oxygens (including phenoxy) is 1. The molecule has 4 rings (SSSR count). The summed E-state index contributed by atoms with van der Waals surface area (Å²) in [6.45, 7) is 1.96. The molecule has 5 nitrogen and oxygen atoms in total. The van der Waals surface area contributed by atoms with Crippen molar-refractivity contribution in [3.8, 4) is 5.75 Å². The number of hydrogen-bond acceptors (Lipinski definition) is 4. The lowest BCUT2D eigenvalue weighted by molar-refractivity contribution is 0.205. The van der Waals surface area contributed by atoms with E-state index in [1.54, 1.807) is 23.5 Å². The van der Waals surface area contributed by atoms with Crippen LogP contribution in [0.25, 0.3) is 0 Å². The summed E-state index contributed by atoms with van der Waals surface area (Å²) in [7, 11) is 2.24. The lowest BCUT2D eigenvalue weighted by atomic mass is 9.79. The number of anilines is 1. The van der Waals surface area contributed by atoms with Gasteiger partial charge in [0.25, 0.3) is 10.0 Å². The summed E-state index contributed by atoms with van der Waals surface area (Å²) in [6, 6.07) is 13.4. The Balaban J connectivity index is 1.81. The molecule has 150 valence electrons. The standard InChI is InChI=1S/C22H28N2O3S/c1-15-5-9-18(10-6-15)28(25,26)24-21-11-7-16(23(2)3)13-19(21)20-14-17(27-4)8-12-22(20)24/h5-6,8-10,12,14,16,19,21H,7,11,13H2,1-4H3. The molecule has 0 spiro atoms. The van der Waals surface area contributed by atoms with Gasteiger partial charge in [0.1, 0.15) is 5.75 Å². The van der Waals surface area contributed by atoms with Crippen molar-refractivity contribution < 1.29 is 13.2 Å². The molecular weight excluding hydrogens is 372 g/mol. The van der Waals surface area contributed by atoms with Crippen LogP contribution in [0.4, 0.5) is 5.69 Å². The number of nitrogens with zero attached hydrogens (tertiary/aromatic N) is 2. The van der Waals surface area contributed by atoms with Gasteiger partial charge < -0.3 is 9.64 Å². The molecule has 2 aromatic rings. The molecule has 0 aromatic heterocycles. The van der Waals surface area contributed by atoms with Gasteiger partial charge in [-0.1, -0.05) is 17.7 Å². The van der Waals surface area contributed by atoms with Crippen LogP contribution in [0.1, 0.15) is 36.3 Å². The second-order valence-corrected chi connectivity index (χ2v) is 9.96. The Labute approximate surface area is 168 Å². The van der Waals surface area contributed by atoms with Crippen LogP contribution in [-0.2, 0) is 10.0 Å². The molecule has 0 radical (unpaired) electrons. The van der Waals surface area contributed by atoms with Crippen LogP contribution in [0.15, 0.2) is 47.4 Å². The molecule has 0 N–H and O–H groups in total. The normalized spacial score (nSPS) is 24.2. The van der Waals surface area contributed by atoms with Crippen LogP contribution >= 0.6 is 0 Å². The van der Waals surface area contributed by atoms with E-state index in [4.69, 9.17) is 4.74 Å². The summed E-state index contributed by atoms with van der Waals surface area (Å²) in [6.07, 6.45) is 2.81. The van der Waals surface area contributed by atoms with Crippen LogP contribution in [0.3, 0.4) is 0 Å². The summed E-state index contributed by atoms with van der Waals surface area (Å²) in [5, 5.41) is 0. The van der Waals surface area contributed by atoms with Crippen LogP contribution in [-0.4, -0.2) is 46.6 Å². The first-order chi connectivity index (χ1) is 13.3. The van der Waals surface area contributed by atoms with Gasteiger partial charge in [-0.25, -0.2) is 8.42 Å². The number of benzene rings is 2. The van der Waals surface area contributed by atoms with Crippen molar-refractivity contribution in [2.24, 2.45) is 0 Å². The average molecular weight is 401 g/mol. The molecule has 1 aliphatic carbocycles. The topological polar surface area (TPSA) is 49.9 Å². The summed E-state index contributed by atoms with van der Waals surface area (Å²) in [5.74, 6) is 0.963. The van der Waals surface area contributed by atoms with E-state index in [2.05, 4.69) is 19.0 Å². The molecular formula is C22H28N2O3S. The van der Waals surface area contributed by atoms with Crippen molar-refractivity contribution in [2.75, 3.05) is 25.5 Å². The van der Waals surface area contributed by atoms with Crippen molar-refractivity contribution in [3.05, 3.63) is 53.6 Å². The van der Waals surface area contributed by atoms with Gasteiger partial charge >= 0.3 is 0 Å². The molecule has 0 amide bonds. The molecule has 1 fully saturated rings. The zero-order valence-corrected chi connectivity index (χ0v) is 17.7. The Morgan fingerprint density at radius 2 is 1.79 bits per heavy atom. The van der Waals surface area contributed by atoms with E-state index in [1.165, 1.54) is 0 Å². The fraction of sp³-hybridized carbons (Fsp3) is 0.455. The number of aryl methyl sites for hydroxylation is 1. The Kier molecular flexibility index (Phi) is 4.88. The summed E-state index contributed by atoms with van der Waals surface area (Å²) < 4.78 is 34.4. The number of rotatable bonds is 4. The maximum Gasteiger partial charge on any atom is 0.264 e. The molecule has 3 atom stereocenters. The number of methoxy groups -OCH3 is 1. The van der Waals surface area contributed by atoms with Crippen molar-refractivity contribution in [2.45, 2.75) is 49.1 Å². The van der Waals surface area contributed by atoms with Crippen molar-refractivity contribution in [1.29, 1.82) is 0 Å². The summed E-state index contributed by atoms with van der Waals surface area (Å²) in [4.78, 5) is 2.61. The molecule has 1 heterocycles. The van der Waals surface area contributed by atoms with E-state index < -0.39 is 10.0 Å². The third kappa shape index (κ3) is 3.08. The van der Waals surface area contributed by atoms with Gasteiger partial charge in [0, 0.05) is 12.0 Å². The maximum absolute atomic E-state index is 13.6. The first kappa shape index (κ1) is 19.3. The fourth-order valence-electron chi connectivity index (χ4n) is 4.68. The van der Waals surface area contributed by atoms with Gasteiger partial charge in [0.15, 0.2) is 0 Å². The highest BCUT2D eigenvalue weighted by Gasteiger charge is 2.47. The average Bonchev–Trinajstić information content (AvgIpc) is 3.01. The van der Waals surface area contributed by atoms with E-state index >= 15 is 0 Å². The molecule has 1 saturated carbocycles. The third-order valence-electron chi connectivity index (χ3n) is 6.27. The molecule has 0 bridgehead atoms. The fourth-order valence-corrected chi connectivity index (χ4v) is 6.42. The van der Waals surface area contributed by atoms with E-state index in [9.17, 15) is 8.42 Å². The molecule has 1 aliphatic heterocycles. The van der Waals surface area contributed by atoms with E-state index in [0.717, 1.165) is 41.8 Å². The molecule has 6 heteroatoms. The Morgan fingerprint density at radius 3 is 2.43 bits per heavy atom. The lowest BCUT2D eigenvalue weighted by Crippen LogP contribution is -2.45. The minimum absolute atomic E-state index is 0.0374. The van der Waals surface area contributed by atoms with Crippen molar-refractivity contribution >= 4 is 15.7 Å². The van der Waals surface area contributed by atoms with Gasteiger partial charge in [-0.15, -0.1) is 0 Å². The van der Waals surface area contributed by atoms with Crippen molar-refractivity contribution in [1.82, 2.24) is 4.90 Å². The van der Waals surface area contributed by atoms with E-state index in [1.807, 2.05) is 37.3 Å². The SMILES string of the molecule is COc1ccc2c(c1)C1CC(N(C)C)CCC1N2S(=O)(=O)c1ccc(C)cc1. The lowest BCUT2D eigenvalue weighted by Gasteiger charge is -2.38. The minimum atomic E-state index is -3.62. The highest BCUT2D eigenvalue weighted by Crippen LogP contribution is 2.51. The van der Waals surface area contributed by atoms with Crippen LogP contribution in [0.5, 0.6) is 5.75 Å². The van der Waals surface area contributed by atoms with E-state index in [-0.39, 0.29) is 12.0 Å². The first-order valence-corrected chi connectivity index (χ1v) is 11.2. The second kappa shape index (κ2) is 7.08. The quantitative estimate of drug-likeness (QED) is 0.784. The Morgan fingerprint density at radius 1 is 1.07 bits per heavy atom. The predicted octanol–water partition coefficient (Wildman–Crippen LogP) is 3.78. The van der Waals surface area contributed by atoms with Crippen LogP contribution in [0, 0.1) is 6.92 Å².